The highest BCUT2D eigenvalue weighted by molar-refractivity contribution is 5.73. The number of nitrogens with one attached hydrogen (secondary N) is 1. The number of carbonyl (C=O) groups is 1. The van der Waals surface area contributed by atoms with Crippen molar-refractivity contribution in [3.63, 3.8) is 0 Å². The highest BCUT2D eigenvalue weighted by atomic mass is 16.5. The predicted octanol–water partition coefficient (Wildman–Crippen LogP) is 4.07. The van der Waals surface area contributed by atoms with Gasteiger partial charge in [0.05, 0.1) is 6.42 Å². The smallest absolute Gasteiger partial charge is 0.311 e. The van der Waals surface area contributed by atoms with E-state index in [9.17, 15) is 9.59 Å². The number of H-pyrrole nitrogens is 1. The van der Waals surface area contributed by atoms with Crippen LogP contribution in [-0.4, -0.2) is 11.0 Å². The lowest BCUT2D eigenvalue weighted by molar-refractivity contribution is -0.134. The number of aromatic nitrogens is 1. The van der Waals surface area contributed by atoms with Crippen LogP contribution in [0, 0.1) is 25.2 Å². The molecule has 1 heterocycles. The van der Waals surface area contributed by atoms with Crippen LogP contribution in [0.25, 0.3) is 11.1 Å². The zero-order valence-electron chi connectivity index (χ0n) is 15.8. The molecule has 5 nitrogen and oxygen atoms in total. The molecule has 0 saturated heterocycles. The minimum Gasteiger partial charge on any atom is -0.427 e. The van der Waals surface area contributed by atoms with E-state index in [1.54, 1.807) is 26.0 Å². The van der Waals surface area contributed by atoms with Gasteiger partial charge in [-0.05, 0) is 54.7 Å². The third-order valence-corrected chi connectivity index (χ3v) is 4.69. The molecule has 0 unspecified atom stereocenters. The van der Waals surface area contributed by atoms with E-state index in [2.05, 4.69) is 4.98 Å². The number of nitrogens with zero attached hydrogens (tertiary/aromatic N) is 1. The molecular weight excluding hydrogens is 352 g/mol. The fourth-order valence-corrected chi connectivity index (χ4v) is 3.18. The topological polar surface area (TPSA) is 83.0 Å². The number of pyridine rings is 1. The largest absolute Gasteiger partial charge is 0.427 e. The molecule has 28 heavy (non-hydrogen) atoms. The van der Waals surface area contributed by atoms with Gasteiger partial charge in [0, 0.05) is 5.69 Å². The second kappa shape index (κ2) is 8.36. The van der Waals surface area contributed by atoms with Gasteiger partial charge in [-0.3, -0.25) is 9.59 Å². The Balaban J connectivity index is 1.66. The van der Waals surface area contributed by atoms with Crippen molar-refractivity contribution in [2.75, 3.05) is 0 Å². The Morgan fingerprint density at radius 1 is 1.04 bits per heavy atom. The highest BCUT2D eigenvalue weighted by Crippen LogP contribution is 2.22. The van der Waals surface area contributed by atoms with Gasteiger partial charge >= 0.3 is 5.97 Å². The Labute approximate surface area is 163 Å². The normalized spacial score (nSPS) is 10.3. The number of ether oxygens (including phenoxy) is 1. The van der Waals surface area contributed by atoms with Gasteiger partial charge in [0.2, 0.25) is 0 Å². The highest BCUT2D eigenvalue weighted by Gasteiger charge is 2.14. The molecule has 140 valence electrons. The summed E-state index contributed by atoms with van der Waals surface area (Å²) in [4.78, 5) is 26.7. The monoisotopic (exact) mass is 372 g/mol. The average Bonchev–Trinajstić information content (AvgIpc) is 2.69. The number of aryl methyl sites for hydroxylation is 1. The summed E-state index contributed by atoms with van der Waals surface area (Å²) >= 11 is 0. The first-order chi connectivity index (χ1) is 13.5. The maximum Gasteiger partial charge on any atom is 0.311 e. The fourth-order valence-electron chi connectivity index (χ4n) is 3.18. The molecule has 0 saturated carbocycles. The van der Waals surface area contributed by atoms with Crippen LogP contribution in [0.1, 0.15) is 28.8 Å². The van der Waals surface area contributed by atoms with Crippen molar-refractivity contribution in [3.8, 4) is 22.9 Å². The first-order valence-corrected chi connectivity index (χ1v) is 8.98. The van der Waals surface area contributed by atoms with Crippen LogP contribution in [0.5, 0.6) is 5.75 Å². The van der Waals surface area contributed by atoms with Crippen molar-refractivity contribution in [1.29, 1.82) is 5.26 Å². The van der Waals surface area contributed by atoms with Gasteiger partial charge < -0.3 is 9.72 Å². The van der Waals surface area contributed by atoms with Crippen LogP contribution in [-0.2, 0) is 11.2 Å². The van der Waals surface area contributed by atoms with Gasteiger partial charge in [-0.2, -0.15) is 5.26 Å². The summed E-state index contributed by atoms with van der Waals surface area (Å²) < 4.78 is 5.41. The van der Waals surface area contributed by atoms with E-state index in [1.165, 1.54) is 0 Å². The molecule has 0 aliphatic heterocycles. The molecule has 3 aromatic rings. The molecule has 0 radical (unpaired) electrons. The Hall–Kier alpha value is -3.65. The van der Waals surface area contributed by atoms with Gasteiger partial charge in [0.25, 0.3) is 5.56 Å². The molecule has 1 N–H and O–H groups in total. The van der Waals surface area contributed by atoms with Crippen molar-refractivity contribution in [2.45, 2.75) is 26.7 Å². The number of hydrogen-bond acceptors (Lipinski definition) is 4. The Morgan fingerprint density at radius 2 is 1.68 bits per heavy atom. The van der Waals surface area contributed by atoms with E-state index in [0.717, 1.165) is 16.7 Å². The van der Waals surface area contributed by atoms with Gasteiger partial charge in [-0.1, -0.05) is 42.5 Å². The number of rotatable bonds is 5. The Kier molecular flexibility index (Phi) is 5.71. The summed E-state index contributed by atoms with van der Waals surface area (Å²) in [6.45, 7) is 3.49. The molecule has 2 aromatic carbocycles. The van der Waals surface area contributed by atoms with Crippen molar-refractivity contribution in [3.05, 3.63) is 87.3 Å². The molecule has 1 aromatic heterocycles. The van der Waals surface area contributed by atoms with Gasteiger partial charge in [-0.15, -0.1) is 0 Å². The van der Waals surface area contributed by atoms with Crippen LogP contribution in [0.3, 0.4) is 0 Å². The van der Waals surface area contributed by atoms with E-state index in [4.69, 9.17) is 10.00 Å². The molecule has 0 spiro atoms. The zero-order chi connectivity index (χ0) is 20.1. The van der Waals surface area contributed by atoms with Crippen LogP contribution in [0.4, 0.5) is 0 Å². The van der Waals surface area contributed by atoms with E-state index >= 15 is 0 Å². The number of carbonyl (C=O) groups excluding carboxylic acids is 1. The quantitative estimate of drug-likeness (QED) is 0.541. The molecule has 0 bridgehead atoms. The van der Waals surface area contributed by atoms with Crippen molar-refractivity contribution >= 4 is 5.97 Å². The second-order valence-electron chi connectivity index (χ2n) is 6.53. The lowest BCUT2D eigenvalue weighted by Crippen LogP contribution is -2.18. The predicted molar refractivity (Wildman–Crippen MR) is 107 cm³/mol. The van der Waals surface area contributed by atoms with E-state index in [-0.39, 0.29) is 18.0 Å². The number of aromatic amines is 1. The van der Waals surface area contributed by atoms with Crippen LogP contribution in [0.15, 0.2) is 59.4 Å². The van der Waals surface area contributed by atoms with Crippen molar-refractivity contribution in [2.24, 2.45) is 0 Å². The summed E-state index contributed by atoms with van der Waals surface area (Å²) in [7, 11) is 0. The first-order valence-electron chi connectivity index (χ1n) is 8.98. The van der Waals surface area contributed by atoms with E-state index < -0.39 is 5.56 Å². The molecule has 0 atom stereocenters. The standard InChI is InChI=1S/C23H20N2O3/c1-15-20(16(2)25-23(27)21(15)14-24)12-13-22(26)28-19-10-8-18(9-11-19)17-6-4-3-5-7-17/h3-11H,12-13H2,1-2H3,(H,25,27). The third kappa shape index (κ3) is 4.18. The van der Waals surface area contributed by atoms with Crippen LogP contribution in [0.2, 0.25) is 0 Å². The SMILES string of the molecule is Cc1[nH]c(=O)c(C#N)c(C)c1CCC(=O)Oc1ccc(-c2ccccc2)cc1. The van der Waals surface area contributed by atoms with Crippen molar-refractivity contribution in [1.82, 2.24) is 4.98 Å². The summed E-state index contributed by atoms with van der Waals surface area (Å²) in [6.07, 6.45) is 0.545. The van der Waals surface area contributed by atoms with Crippen molar-refractivity contribution < 1.29 is 9.53 Å². The van der Waals surface area contributed by atoms with Crippen LogP contribution >= 0.6 is 0 Å². The molecule has 0 aliphatic rings. The second-order valence-corrected chi connectivity index (χ2v) is 6.53. The van der Waals surface area contributed by atoms with Gasteiger partial charge in [0.15, 0.2) is 0 Å². The number of esters is 1. The molecule has 3 rings (SSSR count). The Morgan fingerprint density at radius 3 is 2.32 bits per heavy atom. The van der Waals surface area contributed by atoms with Crippen LogP contribution < -0.4 is 10.3 Å². The summed E-state index contributed by atoms with van der Waals surface area (Å²) in [6, 6.07) is 19.2. The molecular formula is C23H20N2O3. The average molecular weight is 372 g/mol. The maximum absolute atomic E-state index is 12.2. The Bertz CT molecular complexity index is 1090. The van der Waals surface area contributed by atoms with Gasteiger partial charge in [-0.25, -0.2) is 0 Å². The maximum atomic E-state index is 12.2. The minimum absolute atomic E-state index is 0.0884. The minimum atomic E-state index is -0.401. The molecule has 0 aliphatic carbocycles. The van der Waals surface area contributed by atoms with E-state index in [0.29, 0.717) is 23.4 Å². The summed E-state index contributed by atoms with van der Waals surface area (Å²) in [5.41, 5.74) is 3.91. The summed E-state index contributed by atoms with van der Waals surface area (Å²) in [5, 5.41) is 9.13. The molecule has 0 fully saturated rings. The summed E-state index contributed by atoms with van der Waals surface area (Å²) in [5.74, 6) is 0.119. The molecule has 0 amide bonds. The third-order valence-electron chi connectivity index (χ3n) is 4.69. The van der Waals surface area contributed by atoms with Gasteiger partial charge in [0.1, 0.15) is 17.4 Å². The fraction of sp³-hybridized carbons (Fsp3) is 0.174. The lowest BCUT2D eigenvalue weighted by atomic mass is 9.99. The number of benzene rings is 2. The van der Waals surface area contributed by atoms with E-state index in [1.807, 2.05) is 48.5 Å². The zero-order valence-corrected chi connectivity index (χ0v) is 15.8. The molecule has 5 heteroatoms. The number of nitriles is 1. The first kappa shape index (κ1) is 19.1. The lowest BCUT2D eigenvalue weighted by Gasteiger charge is -2.11. The number of hydrogen-bond donors (Lipinski definition) is 1.